The molecule has 0 spiro atoms. The van der Waals surface area contributed by atoms with Gasteiger partial charge in [0, 0.05) is 6.04 Å². The number of aryl methyl sites for hydroxylation is 1. The predicted molar refractivity (Wildman–Crippen MR) is 78.1 cm³/mol. The van der Waals surface area contributed by atoms with E-state index in [1.807, 2.05) is 12.1 Å². The van der Waals surface area contributed by atoms with Gasteiger partial charge >= 0.3 is 5.97 Å². The zero-order valence-electron chi connectivity index (χ0n) is 12.2. The lowest BCUT2D eigenvalue weighted by Crippen LogP contribution is -2.26. The molecule has 0 aliphatic heterocycles. The van der Waals surface area contributed by atoms with Crippen LogP contribution < -0.4 is 10.1 Å². The summed E-state index contributed by atoms with van der Waals surface area (Å²) in [7, 11) is 0. The third kappa shape index (κ3) is 3.51. The van der Waals surface area contributed by atoms with E-state index >= 15 is 0 Å². The highest BCUT2D eigenvalue weighted by Crippen LogP contribution is 2.32. The molecule has 1 aromatic carbocycles. The van der Waals surface area contributed by atoms with Gasteiger partial charge in [0.25, 0.3) is 0 Å². The van der Waals surface area contributed by atoms with Gasteiger partial charge in [0.1, 0.15) is 5.75 Å². The van der Waals surface area contributed by atoms with Crippen LogP contribution in [-0.2, 0) is 11.2 Å². The summed E-state index contributed by atoms with van der Waals surface area (Å²) < 4.78 is 5.47. The van der Waals surface area contributed by atoms with Crippen molar-refractivity contribution in [3.63, 3.8) is 0 Å². The highest BCUT2D eigenvalue weighted by Gasteiger charge is 2.21. The molecule has 1 aliphatic rings. The monoisotopic (exact) mass is 277 g/mol. The molecule has 1 aromatic rings. The van der Waals surface area contributed by atoms with Gasteiger partial charge in [0.05, 0.1) is 0 Å². The maximum Gasteiger partial charge on any atom is 0.344 e. The minimum absolute atomic E-state index is 0.363. The molecule has 0 aromatic heterocycles. The number of carboxylic acid groups (broad SMARTS) is 1. The molecular formula is C16H23NO3. The maximum absolute atomic E-state index is 10.9. The van der Waals surface area contributed by atoms with Crippen molar-refractivity contribution in [3.05, 3.63) is 29.3 Å². The average molecular weight is 277 g/mol. The second-order valence-electron chi connectivity index (χ2n) is 5.36. The van der Waals surface area contributed by atoms with E-state index < -0.39 is 12.1 Å². The topological polar surface area (TPSA) is 58.6 Å². The first-order valence-electron chi connectivity index (χ1n) is 7.37. The number of carboxylic acids is 1. The molecule has 20 heavy (non-hydrogen) atoms. The molecule has 0 bridgehead atoms. The summed E-state index contributed by atoms with van der Waals surface area (Å²) in [6, 6.07) is 6.31. The first kappa shape index (κ1) is 14.9. The van der Waals surface area contributed by atoms with Crippen molar-refractivity contribution >= 4 is 5.97 Å². The molecule has 110 valence electrons. The van der Waals surface area contributed by atoms with E-state index in [9.17, 15) is 4.79 Å². The fourth-order valence-corrected chi connectivity index (χ4v) is 2.64. The van der Waals surface area contributed by atoms with Crippen LogP contribution in [0, 0.1) is 0 Å². The largest absolute Gasteiger partial charge is 0.479 e. The second-order valence-corrected chi connectivity index (χ2v) is 5.36. The van der Waals surface area contributed by atoms with Crippen molar-refractivity contribution in [2.24, 2.45) is 0 Å². The van der Waals surface area contributed by atoms with Crippen molar-refractivity contribution in [2.75, 3.05) is 6.54 Å². The average Bonchev–Trinajstić information content (AvgIpc) is 2.44. The number of aliphatic carboxylic acids is 1. The molecule has 0 saturated heterocycles. The van der Waals surface area contributed by atoms with Crippen molar-refractivity contribution < 1.29 is 14.6 Å². The Labute approximate surface area is 120 Å². The smallest absolute Gasteiger partial charge is 0.344 e. The molecule has 0 heterocycles. The Morgan fingerprint density at radius 3 is 3.05 bits per heavy atom. The molecule has 0 radical (unpaired) electrons. The third-order valence-electron chi connectivity index (χ3n) is 3.73. The van der Waals surface area contributed by atoms with E-state index in [2.05, 4.69) is 18.3 Å². The molecule has 1 aliphatic carbocycles. The van der Waals surface area contributed by atoms with Crippen molar-refractivity contribution in [3.8, 4) is 5.75 Å². The lowest BCUT2D eigenvalue weighted by Gasteiger charge is -2.27. The number of rotatable bonds is 6. The molecule has 0 saturated carbocycles. The quantitative estimate of drug-likeness (QED) is 0.839. The molecule has 2 N–H and O–H groups in total. The van der Waals surface area contributed by atoms with Gasteiger partial charge in [-0.15, -0.1) is 0 Å². The highest BCUT2D eigenvalue weighted by molar-refractivity contribution is 5.72. The summed E-state index contributed by atoms with van der Waals surface area (Å²) in [5.74, 6) is -0.299. The number of carbonyl (C=O) groups is 1. The van der Waals surface area contributed by atoms with E-state index in [4.69, 9.17) is 9.84 Å². The van der Waals surface area contributed by atoms with E-state index in [1.165, 1.54) is 17.5 Å². The fourth-order valence-electron chi connectivity index (χ4n) is 2.64. The minimum Gasteiger partial charge on any atom is -0.479 e. The van der Waals surface area contributed by atoms with Crippen LogP contribution >= 0.6 is 0 Å². The maximum atomic E-state index is 10.9. The normalized spacial score (nSPS) is 19.2. The second kappa shape index (κ2) is 6.75. The van der Waals surface area contributed by atoms with Gasteiger partial charge in [-0.25, -0.2) is 4.79 Å². The van der Waals surface area contributed by atoms with Gasteiger partial charge in [-0.1, -0.05) is 13.0 Å². The van der Waals surface area contributed by atoms with Crippen LogP contribution in [0.2, 0.25) is 0 Å². The van der Waals surface area contributed by atoms with Crippen molar-refractivity contribution in [2.45, 2.75) is 51.7 Å². The van der Waals surface area contributed by atoms with E-state index in [1.54, 1.807) is 6.92 Å². The van der Waals surface area contributed by atoms with E-state index in [-0.39, 0.29) is 0 Å². The Balaban J connectivity index is 2.16. The number of hydrogen-bond donors (Lipinski definition) is 2. The third-order valence-corrected chi connectivity index (χ3v) is 3.73. The van der Waals surface area contributed by atoms with Crippen LogP contribution in [-0.4, -0.2) is 23.7 Å². The summed E-state index contributed by atoms with van der Waals surface area (Å²) in [4.78, 5) is 10.9. The van der Waals surface area contributed by atoms with Gasteiger partial charge in [-0.05, 0) is 62.4 Å². The Kier molecular flexibility index (Phi) is 5.01. The van der Waals surface area contributed by atoms with Gasteiger partial charge in [0.15, 0.2) is 6.10 Å². The molecule has 0 fully saturated rings. The minimum atomic E-state index is -0.941. The van der Waals surface area contributed by atoms with Crippen LogP contribution in [0.15, 0.2) is 18.2 Å². The van der Waals surface area contributed by atoms with E-state index in [0.717, 1.165) is 25.8 Å². The van der Waals surface area contributed by atoms with E-state index in [0.29, 0.717) is 11.8 Å². The van der Waals surface area contributed by atoms with Crippen LogP contribution in [0.4, 0.5) is 0 Å². The lowest BCUT2D eigenvalue weighted by molar-refractivity contribution is -0.144. The van der Waals surface area contributed by atoms with Crippen LogP contribution in [0.1, 0.15) is 50.3 Å². The number of nitrogens with one attached hydrogen (secondary N) is 1. The number of ether oxygens (including phenoxy) is 1. The van der Waals surface area contributed by atoms with Crippen molar-refractivity contribution in [1.82, 2.24) is 5.32 Å². The Morgan fingerprint density at radius 1 is 1.55 bits per heavy atom. The SMILES string of the molecule is CCCNC1CCCc2ccc(OC(C)C(=O)O)cc21. The molecule has 4 heteroatoms. The summed E-state index contributed by atoms with van der Waals surface area (Å²) in [5.41, 5.74) is 2.61. The van der Waals surface area contributed by atoms with Gasteiger partial charge < -0.3 is 15.2 Å². The number of benzene rings is 1. The van der Waals surface area contributed by atoms with Gasteiger partial charge in [-0.3, -0.25) is 0 Å². The molecule has 0 amide bonds. The predicted octanol–water partition coefficient (Wildman–Crippen LogP) is 2.92. The highest BCUT2D eigenvalue weighted by atomic mass is 16.5. The van der Waals surface area contributed by atoms with Crippen LogP contribution in [0.3, 0.4) is 0 Å². The first-order chi connectivity index (χ1) is 9.61. The first-order valence-corrected chi connectivity index (χ1v) is 7.37. The summed E-state index contributed by atoms with van der Waals surface area (Å²) in [6.45, 7) is 4.71. The molecular weight excluding hydrogens is 254 g/mol. The number of fused-ring (bicyclic) bond motifs is 1. The molecule has 2 rings (SSSR count). The Morgan fingerprint density at radius 2 is 2.35 bits per heavy atom. The van der Waals surface area contributed by atoms with Crippen LogP contribution in [0.25, 0.3) is 0 Å². The molecule has 2 atom stereocenters. The fraction of sp³-hybridized carbons (Fsp3) is 0.562. The Bertz CT molecular complexity index is 473. The summed E-state index contributed by atoms with van der Waals surface area (Å²) in [6.07, 6.45) is 3.70. The number of hydrogen-bond acceptors (Lipinski definition) is 3. The van der Waals surface area contributed by atoms with Gasteiger partial charge in [-0.2, -0.15) is 0 Å². The zero-order valence-corrected chi connectivity index (χ0v) is 12.2. The summed E-state index contributed by atoms with van der Waals surface area (Å²) >= 11 is 0. The summed E-state index contributed by atoms with van der Waals surface area (Å²) in [5, 5.41) is 12.5. The molecule has 2 unspecified atom stereocenters. The molecule has 4 nitrogen and oxygen atoms in total. The van der Waals surface area contributed by atoms with Crippen LogP contribution in [0.5, 0.6) is 5.75 Å². The zero-order chi connectivity index (χ0) is 14.5. The van der Waals surface area contributed by atoms with Crippen molar-refractivity contribution in [1.29, 1.82) is 0 Å². The lowest BCUT2D eigenvalue weighted by atomic mass is 9.87. The Hall–Kier alpha value is -1.55. The van der Waals surface area contributed by atoms with Gasteiger partial charge in [0.2, 0.25) is 0 Å². The standard InChI is InChI=1S/C16H23NO3/c1-3-9-17-15-6-4-5-12-7-8-13(10-14(12)15)20-11(2)16(18)19/h7-8,10-11,15,17H,3-6,9H2,1-2H3,(H,18,19).